The van der Waals surface area contributed by atoms with Crippen LogP contribution in [0, 0.1) is 0 Å². The van der Waals surface area contributed by atoms with Crippen LogP contribution < -0.4 is 4.74 Å². The highest BCUT2D eigenvalue weighted by molar-refractivity contribution is 9.10. The predicted octanol–water partition coefficient (Wildman–Crippen LogP) is 4.19. The fourth-order valence-electron chi connectivity index (χ4n) is 3.40. The molecule has 0 bridgehead atoms. The zero-order valence-electron chi connectivity index (χ0n) is 13.7. The monoisotopic (exact) mass is 375 g/mol. The van der Waals surface area contributed by atoms with Gasteiger partial charge in [0.15, 0.2) is 0 Å². The van der Waals surface area contributed by atoms with E-state index in [-0.39, 0.29) is 6.04 Å². The Balaban J connectivity index is 1.73. The number of halogens is 1. The summed E-state index contributed by atoms with van der Waals surface area (Å²) in [4.78, 5) is 11.4. The Bertz CT molecular complexity index is 644. The quantitative estimate of drug-likeness (QED) is 0.802. The zero-order chi connectivity index (χ0) is 16.4. The molecule has 23 heavy (non-hydrogen) atoms. The van der Waals surface area contributed by atoms with E-state index in [0.717, 1.165) is 29.0 Å². The summed E-state index contributed by atoms with van der Waals surface area (Å²) in [6.07, 6.45) is 4.80. The largest absolute Gasteiger partial charge is 0.497 e. The van der Waals surface area contributed by atoms with Crippen molar-refractivity contribution in [3.05, 3.63) is 52.5 Å². The lowest BCUT2D eigenvalue weighted by molar-refractivity contribution is 0.195. The Kier molecular flexibility index (Phi) is 4.97. The maximum Gasteiger partial charge on any atom is 0.145 e. The van der Waals surface area contributed by atoms with Gasteiger partial charge >= 0.3 is 0 Å². The highest BCUT2D eigenvalue weighted by Gasteiger charge is 2.34. The van der Waals surface area contributed by atoms with Crippen molar-refractivity contribution in [2.24, 2.45) is 0 Å². The van der Waals surface area contributed by atoms with Crippen LogP contribution >= 0.6 is 15.9 Å². The molecule has 0 unspecified atom stereocenters. The van der Waals surface area contributed by atoms with Gasteiger partial charge in [-0.1, -0.05) is 12.1 Å². The van der Waals surface area contributed by atoms with Crippen LogP contribution in [0.1, 0.15) is 43.6 Å². The summed E-state index contributed by atoms with van der Waals surface area (Å²) in [7, 11) is 1.70. The number of hydrogen-bond donors (Lipinski definition) is 0. The molecule has 2 aromatic rings. The molecule has 1 aromatic carbocycles. The van der Waals surface area contributed by atoms with Crippen LogP contribution in [0.25, 0.3) is 0 Å². The Morgan fingerprint density at radius 2 is 1.87 bits per heavy atom. The van der Waals surface area contributed by atoms with Crippen molar-refractivity contribution in [1.82, 2.24) is 14.9 Å². The Morgan fingerprint density at radius 3 is 2.48 bits per heavy atom. The minimum absolute atomic E-state index is 0.223. The minimum atomic E-state index is 0.223. The third kappa shape index (κ3) is 3.56. The highest BCUT2D eigenvalue weighted by atomic mass is 79.9. The molecule has 1 fully saturated rings. The summed E-state index contributed by atoms with van der Waals surface area (Å²) in [6.45, 7) is 5.52. The van der Waals surface area contributed by atoms with Crippen molar-refractivity contribution < 1.29 is 4.74 Å². The van der Waals surface area contributed by atoms with Crippen LogP contribution in [0.4, 0.5) is 0 Å². The minimum Gasteiger partial charge on any atom is -0.497 e. The first-order chi connectivity index (χ1) is 11.1. The molecule has 0 radical (unpaired) electrons. The molecule has 1 aliphatic rings. The molecular weight excluding hydrogens is 354 g/mol. The Labute approximate surface area is 146 Å². The van der Waals surface area contributed by atoms with Gasteiger partial charge in [0.25, 0.3) is 0 Å². The highest BCUT2D eigenvalue weighted by Crippen LogP contribution is 2.36. The van der Waals surface area contributed by atoms with Gasteiger partial charge in [-0.25, -0.2) is 9.97 Å². The number of nitrogens with zero attached hydrogens (tertiary/aromatic N) is 3. The molecule has 0 aliphatic carbocycles. The first-order valence-electron chi connectivity index (χ1n) is 7.95. The van der Waals surface area contributed by atoms with Crippen molar-refractivity contribution in [3.8, 4) is 5.75 Å². The lowest BCUT2D eigenvalue weighted by atomic mass is 9.97. The average molecular weight is 376 g/mol. The molecule has 3 atom stereocenters. The number of ether oxygens (including phenoxy) is 1. The van der Waals surface area contributed by atoms with Crippen molar-refractivity contribution in [3.63, 3.8) is 0 Å². The van der Waals surface area contributed by atoms with Gasteiger partial charge in [0, 0.05) is 25.0 Å². The van der Waals surface area contributed by atoms with E-state index in [4.69, 9.17) is 4.74 Å². The average Bonchev–Trinajstić information content (AvgIpc) is 2.97. The second-order valence-electron chi connectivity index (χ2n) is 6.19. The second kappa shape index (κ2) is 6.97. The summed E-state index contributed by atoms with van der Waals surface area (Å²) in [5.41, 5.74) is 1.38. The maximum absolute atomic E-state index is 5.25. The summed E-state index contributed by atoms with van der Waals surface area (Å²) in [5.74, 6) is 2.34. The normalized spacial score (nSPS) is 23.0. The van der Waals surface area contributed by atoms with Crippen LogP contribution in [0.3, 0.4) is 0 Å². The van der Waals surface area contributed by atoms with E-state index in [2.05, 4.69) is 56.8 Å². The molecule has 4 nitrogen and oxygen atoms in total. The van der Waals surface area contributed by atoms with Crippen molar-refractivity contribution in [2.45, 2.75) is 38.3 Å². The summed E-state index contributed by atoms with van der Waals surface area (Å²) in [6, 6.07) is 9.19. The number of aromatic nitrogens is 2. The zero-order valence-corrected chi connectivity index (χ0v) is 15.3. The van der Waals surface area contributed by atoms with Gasteiger partial charge in [-0.05, 0) is 59.8 Å². The fourth-order valence-corrected chi connectivity index (χ4v) is 3.60. The lowest BCUT2D eigenvalue weighted by Gasteiger charge is -2.27. The van der Waals surface area contributed by atoms with Crippen LogP contribution in [-0.2, 0) is 0 Å². The van der Waals surface area contributed by atoms with Crippen LogP contribution in [0.15, 0.2) is 41.1 Å². The van der Waals surface area contributed by atoms with Gasteiger partial charge in [0.2, 0.25) is 0 Å². The van der Waals surface area contributed by atoms with Crippen LogP contribution in [-0.4, -0.2) is 34.6 Å². The van der Waals surface area contributed by atoms with Gasteiger partial charge in [0.1, 0.15) is 11.6 Å². The van der Waals surface area contributed by atoms with E-state index in [0.29, 0.717) is 12.0 Å². The fraction of sp³-hybridized carbons (Fsp3) is 0.444. The number of rotatable bonds is 4. The van der Waals surface area contributed by atoms with E-state index in [9.17, 15) is 0 Å². The molecule has 1 aliphatic heterocycles. The summed E-state index contributed by atoms with van der Waals surface area (Å²) >= 11 is 3.39. The molecule has 0 saturated carbocycles. The van der Waals surface area contributed by atoms with Gasteiger partial charge in [0.05, 0.1) is 17.6 Å². The summed E-state index contributed by atoms with van der Waals surface area (Å²) in [5, 5.41) is 0. The topological polar surface area (TPSA) is 38.2 Å². The molecule has 0 amide bonds. The Hall–Kier alpha value is -1.46. The van der Waals surface area contributed by atoms with E-state index in [1.165, 1.54) is 5.56 Å². The second-order valence-corrected chi connectivity index (χ2v) is 7.10. The molecule has 1 aromatic heterocycles. The molecule has 5 heteroatoms. The van der Waals surface area contributed by atoms with E-state index >= 15 is 0 Å². The summed E-state index contributed by atoms with van der Waals surface area (Å²) < 4.78 is 6.16. The third-order valence-electron chi connectivity index (χ3n) is 4.72. The van der Waals surface area contributed by atoms with Gasteiger partial charge in [-0.2, -0.15) is 0 Å². The molecule has 2 heterocycles. The molecule has 1 saturated heterocycles. The van der Waals surface area contributed by atoms with E-state index in [1.54, 1.807) is 7.11 Å². The number of methoxy groups -OCH3 is 1. The van der Waals surface area contributed by atoms with Crippen molar-refractivity contribution in [2.75, 3.05) is 13.7 Å². The van der Waals surface area contributed by atoms with Gasteiger partial charge in [-0.3, -0.25) is 4.90 Å². The van der Waals surface area contributed by atoms with Gasteiger partial charge in [-0.15, -0.1) is 0 Å². The molecular formula is C18H22BrN3O. The predicted molar refractivity (Wildman–Crippen MR) is 94.7 cm³/mol. The van der Waals surface area contributed by atoms with Crippen molar-refractivity contribution in [1.29, 1.82) is 0 Å². The molecule has 0 N–H and O–H groups in total. The molecule has 3 rings (SSSR count). The van der Waals surface area contributed by atoms with E-state index < -0.39 is 0 Å². The first-order valence-corrected chi connectivity index (χ1v) is 8.75. The maximum atomic E-state index is 5.25. The van der Waals surface area contributed by atoms with Crippen LogP contribution in [0.2, 0.25) is 0 Å². The van der Waals surface area contributed by atoms with Crippen molar-refractivity contribution >= 4 is 15.9 Å². The molecule has 0 spiro atoms. The van der Waals surface area contributed by atoms with Crippen LogP contribution in [0.5, 0.6) is 5.75 Å². The number of likely N-dealkylation sites (tertiary alicyclic amines) is 1. The first kappa shape index (κ1) is 16.4. The molecule has 122 valence electrons. The van der Waals surface area contributed by atoms with Gasteiger partial charge < -0.3 is 4.74 Å². The Morgan fingerprint density at radius 1 is 1.22 bits per heavy atom. The third-order valence-corrected chi connectivity index (χ3v) is 5.13. The smallest absolute Gasteiger partial charge is 0.145 e. The van der Waals surface area contributed by atoms with E-state index in [1.807, 2.05) is 24.5 Å². The number of benzene rings is 1. The SMILES string of the molecule is COc1ccc([C@@H]2C[C@H](C)N([C@H](C)c3ncc(Br)cn3)C2)cc1. The number of hydrogen-bond acceptors (Lipinski definition) is 4. The standard InChI is InChI=1S/C18H22BrN3O/c1-12-8-15(14-4-6-17(23-3)7-5-14)11-22(12)13(2)18-20-9-16(19)10-21-18/h4-7,9-10,12-13,15H,8,11H2,1-3H3/t12-,13+,15+/m0/s1. The lowest BCUT2D eigenvalue weighted by Crippen LogP contribution is -2.31.